The van der Waals surface area contributed by atoms with E-state index in [9.17, 15) is 0 Å². The fraction of sp³-hybridized carbons (Fsp3) is 0.600. The Balaban J connectivity index is 1.76. The van der Waals surface area contributed by atoms with Gasteiger partial charge in [0.05, 0.1) is 0 Å². The molecule has 2 fully saturated rings. The molecule has 3 rings (SSSR count). The van der Waals surface area contributed by atoms with E-state index in [0.29, 0.717) is 0 Å². The minimum Gasteiger partial charge on any atom is -0.340 e. The largest absolute Gasteiger partial charge is 0.340 e. The summed E-state index contributed by atoms with van der Waals surface area (Å²) in [5.41, 5.74) is 0. The molecule has 13 heavy (non-hydrogen) atoms. The van der Waals surface area contributed by atoms with E-state index in [1.807, 2.05) is 18.5 Å². The highest BCUT2D eigenvalue weighted by atomic mass is 15.3. The third kappa shape index (κ3) is 1.03. The van der Waals surface area contributed by atoms with Crippen molar-refractivity contribution in [1.82, 2.24) is 9.97 Å². The van der Waals surface area contributed by atoms with Gasteiger partial charge in [0.1, 0.15) is 0 Å². The van der Waals surface area contributed by atoms with Crippen LogP contribution in [0.3, 0.4) is 0 Å². The fourth-order valence-electron chi connectivity index (χ4n) is 2.44. The Morgan fingerprint density at radius 1 is 1.23 bits per heavy atom. The van der Waals surface area contributed by atoms with Crippen molar-refractivity contribution in [2.75, 3.05) is 18.0 Å². The van der Waals surface area contributed by atoms with Crippen LogP contribution >= 0.6 is 0 Å². The summed E-state index contributed by atoms with van der Waals surface area (Å²) < 4.78 is 0. The Morgan fingerprint density at radius 2 is 1.85 bits per heavy atom. The molecule has 2 aliphatic rings. The van der Waals surface area contributed by atoms with Crippen LogP contribution in [-0.2, 0) is 0 Å². The number of piperidine rings is 1. The van der Waals surface area contributed by atoms with E-state index in [1.54, 1.807) is 0 Å². The van der Waals surface area contributed by atoms with Crippen LogP contribution in [0.1, 0.15) is 6.92 Å². The van der Waals surface area contributed by atoms with Crippen LogP contribution in [-0.4, -0.2) is 23.1 Å². The van der Waals surface area contributed by atoms with Gasteiger partial charge in [0, 0.05) is 25.5 Å². The highest BCUT2D eigenvalue weighted by molar-refractivity contribution is 5.34. The third-order valence-corrected chi connectivity index (χ3v) is 3.46. The minimum absolute atomic E-state index is 0.905. The molecule has 1 aromatic heterocycles. The molecule has 3 nitrogen and oxygen atoms in total. The van der Waals surface area contributed by atoms with Gasteiger partial charge in [-0.2, -0.15) is 0 Å². The number of aromatic nitrogens is 2. The van der Waals surface area contributed by atoms with Crippen molar-refractivity contribution in [2.24, 2.45) is 17.8 Å². The zero-order chi connectivity index (χ0) is 8.84. The van der Waals surface area contributed by atoms with Gasteiger partial charge in [0.2, 0.25) is 5.95 Å². The number of nitrogens with zero attached hydrogens (tertiary/aromatic N) is 3. The molecule has 1 saturated carbocycles. The van der Waals surface area contributed by atoms with Gasteiger partial charge in [-0.1, -0.05) is 6.92 Å². The quantitative estimate of drug-likeness (QED) is 0.641. The van der Waals surface area contributed by atoms with Crippen molar-refractivity contribution < 1.29 is 0 Å². The third-order valence-electron chi connectivity index (χ3n) is 3.46. The molecular formula is C10H13N3. The zero-order valence-corrected chi connectivity index (χ0v) is 7.72. The second-order valence-corrected chi connectivity index (χ2v) is 4.14. The summed E-state index contributed by atoms with van der Waals surface area (Å²) in [6.45, 7) is 4.67. The number of rotatable bonds is 1. The molecule has 2 heterocycles. The first kappa shape index (κ1) is 7.30. The van der Waals surface area contributed by atoms with Crippen molar-refractivity contribution >= 4 is 5.95 Å². The molecule has 0 spiro atoms. The molecule has 0 unspecified atom stereocenters. The number of hydrogen-bond acceptors (Lipinski definition) is 3. The van der Waals surface area contributed by atoms with Crippen LogP contribution in [0, 0.1) is 17.8 Å². The van der Waals surface area contributed by atoms with Crippen LogP contribution in [0.25, 0.3) is 0 Å². The van der Waals surface area contributed by atoms with Gasteiger partial charge in [-0.15, -0.1) is 0 Å². The predicted molar refractivity (Wildman–Crippen MR) is 50.4 cm³/mol. The van der Waals surface area contributed by atoms with Crippen molar-refractivity contribution in [3.05, 3.63) is 18.5 Å². The molecule has 3 heteroatoms. The van der Waals surface area contributed by atoms with Crippen molar-refractivity contribution in [2.45, 2.75) is 6.92 Å². The van der Waals surface area contributed by atoms with E-state index in [4.69, 9.17) is 0 Å². The number of fused-ring (bicyclic) bond motifs is 1. The highest BCUT2D eigenvalue weighted by Gasteiger charge is 2.53. The van der Waals surface area contributed by atoms with E-state index in [2.05, 4.69) is 21.8 Å². The molecule has 0 N–H and O–H groups in total. The van der Waals surface area contributed by atoms with Crippen molar-refractivity contribution in [3.63, 3.8) is 0 Å². The lowest BCUT2D eigenvalue weighted by molar-refractivity contribution is 0.677. The molecule has 0 aromatic carbocycles. The van der Waals surface area contributed by atoms with E-state index in [0.717, 1.165) is 36.8 Å². The Morgan fingerprint density at radius 3 is 2.46 bits per heavy atom. The maximum atomic E-state index is 4.26. The average Bonchev–Trinajstić information content (AvgIpc) is 2.67. The predicted octanol–water partition coefficient (Wildman–Crippen LogP) is 1.18. The molecule has 0 radical (unpaired) electrons. The standard InChI is InChI=1S/C10H13N3/c1-7-8-5-13(6-9(7)8)10-11-3-2-4-12-10/h2-4,7-9H,5-6H2,1H3/t7-,8-,9+. The topological polar surface area (TPSA) is 29.0 Å². The van der Waals surface area contributed by atoms with E-state index in [1.165, 1.54) is 0 Å². The van der Waals surface area contributed by atoms with E-state index < -0.39 is 0 Å². The molecule has 1 saturated heterocycles. The Bertz CT molecular complexity index is 299. The van der Waals surface area contributed by atoms with Crippen LogP contribution in [0.2, 0.25) is 0 Å². The lowest BCUT2D eigenvalue weighted by Crippen LogP contribution is -2.25. The maximum absolute atomic E-state index is 4.26. The lowest BCUT2D eigenvalue weighted by Gasteiger charge is -2.17. The SMILES string of the molecule is C[C@@H]1[C@H]2CN(c3ncccn3)C[C@@H]12. The lowest BCUT2D eigenvalue weighted by atomic mass is 10.3. The molecule has 1 aliphatic carbocycles. The molecule has 1 aliphatic heterocycles. The maximum Gasteiger partial charge on any atom is 0.225 e. The first-order chi connectivity index (χ1) is 6.36. The van der Waals surface area contributed by atoms with Crippen molar-refractivity contribution in [1.29, 1.82) is 0 Å². The van der Waals surface area contributed by atoms with Crippen LogP contribution in [0.5, 0.6) is 0 Å². The minimum atomic E-state index is 0.905. The van der Waals surface area contributed by atoms with Gasteiger partial charge in [0.25, 0.3) is 0 Å². The number of hydrogen-bond donors (Lipinski definition) is 0. The van der Waals surface area contributed by atoms with Crippen LogP contribution in [0.4, 0.5) is 5.95 Å². The molecule has 1 aromatic rings. The first-order valence-corrected chi connectivity index (χ1v) is 4.88. The summed E-state index contributed by atoms with van der Waals surface area (Å²) >= 11 is 0. The van der Waals surface area contributed by atoms with Gasteiger partial charge in [-0.05, 0) is 23.8 Å². The van der Waals surface area contributed by atoms with Gasteiger partial charge in [-0.25, -0.2) is 9.97 Å². The summed E-state index contributed by atoms with van der Waals surface area (Å²) in [6.07, 6.45) is 3.63. The van der Waals surface area contributed by atoms with Crippen LogP contribution in [0.15, 0.2) is 18.5 Å². The summed E-state index contributed by atoms with van der Waals surface area (Å²) in [5.74, 6) is 3.69. The number of anilines is 1. The average molecular weight is 175 g/mol. The van der Waals surface area contributed by atoms with E-state index in [-0.39, 0.29) is 0 Å². The monoisotopic (exact) mass is 175 g/mol. The second-order valence-electron chi connectivity index (χ2n) is 4.14. The molecule has 68 valence electrons. The fourth-order valence-corrected chi connectivity index (χ4v) is 2.44. The molecule has 0 amide bonds. The Labute approximate surface area is 77.8 Å². The highest BCUT2D eigenvalue weighted by Crippen LogP contribution is 2.51. The van der Waals surface area contributed by atoms with Gasteiger partial charge in [0.15, 0.2) is 0 Å². The smallest absolute Gasteiger partial charge is 0.225 e. The molecule has 3 atom stereocenters. The first-order valence-electron chi connectivity index (χ1n) is 4.88. The van der Waals surface area contributed by atoms with E-state index >= 15 is 0 Å². The molecule has 0 bridgehead atoms. The molecular weight excluding hydrogens is 162 g/mol. The Kier molecular flexibility index (Phi) is 1.37. The Hall–Kier alpha value is -1.12. The van der Waals surface area contributed by atoms with Gasteiger partial charge >= 0.3 is 0 Å². The van der Waals surface area contributed by atoms with Crippen molar-refractivity contribution in [3.8, 4) is 0 Å². The zero-order valence-electron chi connectivity index (χ0n) is 7.72. The normalized spacial score (nSPS) is 36.1. The summed E-state index contributed by atoms with van der Waals surface area (Å²) in [4.78, 5) is 10.8. The summed E-state index contributed by atoms with van der Waals surface area (Å²) in [6, 6.07) is 1.86. The summed E-state index contributed by atoms with van der Waals surface area (Å²) in [5, 5.41) is 0. The van der Waals surface area contributed by atoms with Gasteiger partial charge in [-0.3, -0.25) is 0 Å². The van der Waals surface area contributed by atoms with Crippen LogP contribution < -0.4 is 4.90 Å². The van der Waals surface area contributed by atoms with Gasteiger partial charge < -0.3 is 4.90 Å². The second kappa shape index (κ2) is 2.44. The summed E-state index contributed by atoms with van der Waals surface area (Å²) in [7, 11) is 0.